The summed E-state index contributed by atoms with van der Waals surface area (Å²) in [7, 11) is 0. The first kappa shape index (κ1) is 14.6. The minimum atomic E-state index is -0.0712. The molecular formula is C17H20N2O3. The third-order valence-corrected chi connectivity index (χ3v) is 4.21. The van der Waals surface area contributed by atoms with Gasteiger partial charge in [0.05, 0.1) is 6.20 Å². The van der Waals surface area contributed by atoms with Crippen molar-refractivity contribution in [3.8, 4) is 5.75 Å². The van der Waals surface area contributed by atoms with Gasteiger partial charge in [0.2, 0.25) is 5.76 Å². The number of nitrogens with zero attached hydrogens (tertiary/aromatic N) is 2. The number of hydrogen-bond acceptors (Lipinski definition) is 4. The quantitative estimate of drug-likeness (QED) is 0.942. The number of rotatable bonds is 4. The van der Waals surface area contributed by atoms with Crippen LogP contribution >= 0.6 is 0 Å². The molecule has 116 valence electrons. The van der Waals surface area contributed by atoms with Crippen LogP contribution in [0, 0.1) is 0 Å². The van der Waals surface area contributed by atoms with E-state index >= 15 is 0 Å². The maximum atomic E-state index is 12.5. The number of oxazole rings is 1. The molecule has 2 heterocycles. The van der Waals surface area contributed by atoms with Crippen LogP contribution in [0.2, 0.25) is 0 Å². The second-order valence-corrected chi connectivity index (χ2v) is 5.72. The number of amides is 1. The molecule has 0 saturated carbocycles. The van der Waals surface area contributed by atoms with Crippen LogP contribution in [-0.2, 0) is 6.42 Å². The van der Waals surface area contributed by atoms with Crippen molar-refractivity contribution in [2.45, 2.75) is 38.1 Å². The zero-order valence-electron chi connectivity index (χ0n) is 12.4. The Balaban J connectivity index is 1.66. The summed E-state index contributed by atoms with van der Waals surface area (Å²) in [5.74, 6) is 0.526. The van der Waals surface area contributed by atoms with Crippen LogP contribution in [0.3, 0.4) is 0 Å². The van der Waals surface area contributed by atoms with Crippen molar-refractivity contribution in [3.05, 3.63) is 48.2 Å². The van der Waals surface area contributed by atoms with Gasteiger partial charge in [0, 0.05) is 12.6 Å². The van der Waals surface area contributed by atoms with E-state index in [0.29, 0.717) is 5.76 Å². The molecular weight excluding hydrogens is 280 g/mol. The van der Waals surface area contributed by atoms with Crippen molar-refractivity contribution in [2.24, 2.45) is 0 Å². The molecule has 1 aromatic heterocycles. The number of phenols is 1. The smallest absolute Gasteiger partial charge is 0.291 e. The minimum Gasteiger partial charge on any atom is -0.508 e. The number of aryl methyl sites for hydroxylation is 1. The Hall–Kier alpha value is -2.30. The number of carbonyl (C=O) groups is 1. The summed E-state index contributed by atoms with van der Waals surface area (Å²) in [6, 6.07) is 7.53. The monoisotopic (exact) mass is 300 g/mol. The lowest BCUT2D eigenvalue weighted by Crippen LogP contribution is -2.43. The Morgan fingerprint density at radius 3 is 3.09 bits per heavy atom. The summed E-state index contributed by atoms with van der Waals surface area (Å²) in [5.41, 5.74) is 1.10. The van der Waals surface area contributed by atoms with Gasteiger partial charge in [-0.3, -0.25) is 4.79 Å². The van der Waals surface area contributed by atoms with Crippen molar-refractivity contribution < 1.29 is 14.3 Å². The maximum Gasteiger partial charge on any atom is 0.291 e. The number of phenolic OH excluding ortho intramolecular Hbond substituents is 1. The van der Waals surface area contributed by atoms with Crippen LogP contribution < -0.4 is 0 Å². The predicted octanol–water partition coefficient (Wildman–Crippen LogP) is 3.01. The Morgan fingerprint density at radius 1 is 1.41 bits per heavy atom. The van der Waals surface area contributed by atoms with E-state index in [2.05, 4.69) is 4.98 Å². The molecule has 0 bridgehead atoms. The number of benzene rings is 1. The normalized spacial score (nSPS) is 18.4. The molecule has 0 spiro atoms. The molecule has 3 rings (SSSR count). The van der Waals surface area contributed by atoms with Crippen molar-refractivity contribution in [2.75, 3.05) is 6.54 Å². The molecule has 0 aliphatic carbocycles. The van der Waals surface area contributed by atoms with E-state index in [-0.39, 0.29) is 17.7 Å². The van der Waals surface area contributed by atoms with E-state index in [1.807, 2.05) is 17.0 Å². The Bertz CT molecular complexity index is 625. The van der Waals surface area contributed by atoms with E-state index in [1.54, 1.807) is 12.1 Å². The number of likely N-dealkylation sites (tertiary alicyclic amines) is 1. The number of piperidine rings is 1. The Labute approximate surface area is 129 Å². The van der Waals surface area contributed by atoms with Crippen LogP contribution in [0.15, 0.2) is 41.3 Å². The largest absolute Gasteiger partial charge is 0.508 e. The molecule has 0 radical (unpaired) electrons. The second kappa shape index (κ2) is 6.64. The zero-order valence-corrected chi connectivity index (χ0v) is 12.4. The third-order valence-electron chi connectivity index (χ3n) is 4.21. The minimum absolute atomic E-state index is 0.0712. The number of aromatic hydroxyl groups is 1. The van der Waals surface area contributed by atoms with Crippen LogP contribution in [-0.4, -0.2) is 33.5 Å². The summed E-state index contributed by atoms with van der Waals surface area (Å²) < 4.78 is 5.14. The molecule has 22 heavy (non-hydrogen) atoms. The molecule has 1 aliphatic rings. The van der Waals surface area contributed by atoms with E-state index in [0.717, 1.165) is 44.2 Å². The highest BCUT2D eigenvalue weighted by atomic mass is 16.3. The van der Waals surface area contributed by atoms with Gasteiger partial charge in [0.15, 0.2) is 6.39 Å². The first-order chi connectivity index (χ1) is 10.7. The summed E-state index contributed by atoms with van der Waals surface area (Å²) in [6.07, 6.45) is 7.69. The SMILES string of the molecule is O=C(c1cnco1)N1CCCC[C@H]1CCc1cccc(O)c1. The lowest BCUT2D eigenvalue weighted by Gasteiger charge is -2.35. The highest BCUT2D eigenvalue weighted by Gasteiger charge is 2.28. The molecule has 1 fully saturated rings. The maximum absolute atomic E-state index is 12.5. The Kier molecular flexibility index (Phi) is 4.42. The fraction of sp³-hybridized carbons (Fsp3) is 0.412. The zero-order chi connectivity index (χ0) is 15.4. The molecule has 1 aliphatic heterocycles. The molecule has 1 amide bonds. The van der Waals surface area contributed by atoms with Gasteiger partial charge in [0.25, 0.3) is 5.91 Å². The number of hydrogen-bond donors (Lipinski definition) is 1. The summed E-state index contributed by atoms with van der Waals surface area (Å²) in [6.45, 7) is 0.768. The van der Waals surface area contributed by atoms with Crippen LogP contribution in [0.25, 0.3) is 0 Å². The van der Waals surface area contributed by atoms with E-state index in [9.17, 15) is 9.90 Å². The van der Waals surface area contributed by atoms with E-state index in [1.165, 1.54) is 12.6 Å². The molecule has 1 aromatic carbocycles. The van der Waals surface area contributed by atoms with Gasteiger partial charge in [-0.05, 0) is 49.8 Å². The number of carbonyl (C=O) groups excluding carboxylic acids is 1. The van der Waals surface area contributed by atoms with Gasteiger partial charge >= 0.3 is 0 Å². The lowest BCUT2D eigenvalue weighted by molar-refractivity contribution is 0.0569. The van der Waals surface area contributed by atoms with Crippen molar-refractivity contribution in [1.82, 2.24) is 9.88 Å². The molecule has 2 aromatic rings. The lowest BCUT2D eigenvalue weighted by atomic mass is 9.95. The first-order valence-corrected chi connectivity index (χ1v) is 7.71. The van der Waals surface area contributed by atoms with Gasteiger partial charge < -0.3 is 14.4 Å². The molecule has 1 N–H and O–H groups in total. The first-order valence-electron chi connectivity index (χ1n) is 7.71. The average molecular weight is 300 g/mol. The van der Waals surface area contributed by atoms with Crippen molar-refractivity contribution >= 4 is 5.91 Å². The highest BCUT2D eigenvalue weighted by Crippen LogP contribution is 2.24. The predicted molar refractivity (Wildman–Crippen MR) is 81.6 cm³/mol. The van der Waals surface area contributed by atoms with Crippen LogP contribution in [0.1, 0.15) is 41.8 Å². The van der Waals surface area contributed by atoms with Gasteiger partial charge in [-0.25, -0.2) is 4.98 Å². The highest BCUT2D eigenvalue weighted by molar-refractivity contribution is 5.91. The summed E-state index contributed by atoms with van der Waals surface area (Å²) in [5, 5.41) is 9.53. The van der Waals surface area contributed by atoms with Crippen LogP contribution in [0.5, 0.6) is 5.75 Å². The van der Waals surface area contributed by atoms with Gasteiger partial charge in [0.1, 0.15) is 5.75 Å². The van der Waals surface area contributed by atoms with E-state index < -0.39 is 0 Å². The van der Waals surface area contributed by atoms with E-state index in [4.69, 9.17) is 4.42 Å². The molecule has 5 nitrogen and oxygen atoms in total. The van der Waals surface area contributed by atoms with Gasteiger partial charge in [-0.15, -0.1) is 0 Å². The molecule has 1 atom stereocenters. The van der Waals surface area contributed by atoms with Gasteiger partial charge in [-0.2, -0.15) is 0 Å². The average Bonchev–Trinajstić information content (AvgIpc) is 3.07. The molecule has 0 unspecified atom stereocenters. The van der Waals surface area contributed by atoms with Crippen LogP contribution in [0.4, 0.5) is 0 Å². The fourth-order valence-electron chi connectivity index (χ4n) is 3.08. The second-order valence-electron chi connectivity index (χ2n) is 5.72. The summed E-state index contributed by atoms with van der Waals surface area (Å²) in [4.78, 5) is 18.2. The Morgan fingerprint density at radius 2 is 2.32 bits per heavy atom. The third kappa shape index (κ3) is 3.30. The number of aromatic nitrogens is 1. The standard InChI is InChI=1S/C17H20N2O3/c20-15-6-3-4-13(10-15)7-8-14-5-1-2-9-19(14)17(21)16-11-18-12-22-16/h3-4,6,10-12,14,20H,1-2,5,7-9H2/t14-/m0/s1. The molecule has 5 heteroatoms. The molecule has 1 saturated heterocycles. The van der Waals surface area contributed by atoms with Gasteiger partial charge in [-0.1, -0.05) is 12.1 Å². The van der Waals surface area contributed by atoms with Crippen molar-refractivity contribution in [3.63, 3.8) is 0 Å². The topological polar surface area (TPSA) is 66.6 Å². The summed E-state index contributed by atoms with van der Waals surface area (Å²) >= 11 is 0. The fourth-order valence-corrected chi connectivity index (χ4v) is 3.08. The van der Waals surface area contributed by atoms with Crippen molar-refractivity contribution in [1.29, 1.82) is 0 Å².